The average molecular weight is 521 g/mol. The minimum absolute atomic E-state index is 0.0202. The number of esters is 1. The molecule has 1 amide bonds. The van der Waals surface area contributed by atoms with Crippen LogP contribution in [0.5, 0.6) is 5.75 Å². The van der Waals surface area contributed by atoms with Gasteiger partial charge in [0.15, 0.2) is 10.6 Å². The summed E-state index contributed by atoms with van der Waals surface area (Å²) in [6.07, 6.45) is 1.61. The van der Waals surface area contributed by atoms with E-state index in [1.165, 1.54) is 11.0 Å². The fourth-order valence-electron chi connectivity index (χ4n) is 4.23. The van der Waals surface area contributed by atoms with E-state index in [-0.39, 0.29) is 38.9 Å². The normalized spacial score (nSPS) is 14.6. The molecule has 188 valence electrons. The number of hydrogen-bond donors (Lipinski definition) is 0. The fraction of sp³-hybridized carbons (Fsp3) is 0.185. The number of aryl methyl sites for hydroxylation is 1. The number of halogens is 1. The average Bonchev–Trinajstić information content (AvgIpc) is 3.41. The first kappa shape index (κ1) is 24.4. The van der Waals surface area contributed by atoms with Gasteiger partial charge in [-0.05, 0) is 49.7 Å². The molecule has 0 radical (unpaired) electrons. The Balaban J connectivity index is 1.70. The number of anilines is 1. The summed E-state index contributed by atoms with van der Waals surface area (Å²) in [5, 5.41) is 0.218. The van der Waals surface area contributed by atoms with Gasteiger partial charge in [0.25, 0.3) is 5.91 Å². The van der Waals surface area contributed by atoms with E-state index in [9.17, 15) is 18.8 Å². The molecule has 4 aromatic rings. The van der Waals surface area contributed by atoms with Crippen molar-refractivity contribution in [2.75, 3.05) is 18.1 Å². The van der Waals surface area contributed by atoms with Gasteiger partial charge in [0, 0.05) is 0 Å². The number of aromatic nitrogens is 1. The number of thiazole rings is 1. The second-order valence-corrected chi connectivity index (χ2v) is 9.17. The first-order chi connectivity index (χ1) is 17.8. The van der Waals surface area contributed by atoms with Crippen LogP contribution in [0.4, 0.5) is 9.52 Å². The van der Waals surface area contributed by atoms with Crippen LogP contribution in [0.15, 0.2) is 64.3 Å². The van der Waals surface area contributed by atoms with Gasteiger partial charge in [-0.15, -0.1) is 0 Å². The number of benzene rings is 2. The zero-order valence-electron chi connectivity index (χ0n) is 19.9. The number of hydrogen-bond acceptors (Lipinski definition) is 8. The maximum Gasteiger partial charge on any atom is 0.350 e. The Morgan fingerprint density at radius 2 is 2.00 bits per heavy atom. The van der Waals surface area contributed by atoms with Gasteiger partial charge in [0.1, 0.15) is 28.6 Å². The van der Waals surface area contributed by atoms with Gasteiger partial charge in [0.2, 0.25) is 5.76 Å². The SMILES string of the molecule is C=CCOc1ccc(C2c3c(oc4ccc(F)cc4c3=O)C(=O)N2c2nc(C)c(C(=O)OCC)s2)cc1. The van der Waals surface area contributed by atoms with Crippen molar-refractivity contribution >= 4 is 39.3 Å². The minimum Gasteiger partial charge on any atom is -0.490 e. The number of fused-ring (bicyclic) bond motifs is 2. The van der Waals surface area contributed by atoms with E-state index in [1.807, 2.05) is 0 Å². The number of ether oxygens (including phenoxy) is 2. The summed E-state index contributed by atoms with van der Waals surface area (Å²) in [5.74, 6) is -1.34. The van der Waals surface area contributed by atoms with Crippen LogP contribution in [-0.2, 0) is 4.74 Å². The van der Waals surface area contributed by atoms with Crippen molar-refractivity contribution in [3.63, 3.8) is 0 Å². The van der Waals surface area contributed by atoms with Crippen LogP contribution in [0.1, 0.15) is 50.0 Å². The lowest BCUT2D eigenvalue weighted by Crippen LogP contribution is -2.29. The molecule has 8 nitrogen and oxygen atoms in total. The summed E-state index contributed by atoms with van der Waals surface area (Å²) in [6, 6.07) is 9.49. The van der Waals surface area contributed by atoms with E-state index < -0.39 is 29.2 Å². The number of carbonyl (C=O) groups is 2. The molecule has 1 unspecified atom stereocenters. The summed E-state index contributed by atoms with van der Waals surface area (Å²) < 4.78 is 30.5. The molecule has 0 aliphatic carbocycles. The maximum absolute atomic E-state index is 14.0. The molecule has 0 spiro atoms. The zero-order valence-corrected chi connectivity index (χ0v) is 20.8. The van der Waals surface area contributed by atoms with Gasteiger partial charge in [-0.25, -0.2) is 14.2 Å². The molecular formula is C27H21FN2O6S. The third-order valence-electron chi connectivity index (χ3n) is 5.85. The van der Waals surface area contributed by atoms with Crippen LogP contribution < -0.4 is 15.1 Å². The van der Waals surface area contributed by atoms with Crippen molar-refractivity contribution in [3.05, 3.63) is 98.6 Å². The quantitative estimate of drug-likeness (QED) is 0.244. The first-order valence-electron chi connectivity index (χ1n) is 11.4. The van der Waals surface area contributed by atoms with Gasteiger partial charge >= 0.3 is 5.97 Å². The lowest BCUT2D eigenvalue weighted by atomic mass is 9.98. The summed E-state index contributed by atoms with van der Waals surface area (Å²) in [5.41, 5.74) is 0.595. The summed E-state index contributed by atoms with van der Waals surface area (Å²) in [6.45, 7) is 7.46. The van der Waals surface area contributed by atoms with Crippen molar-refractivity contribution in [2.45, 2.75) is 19.9 Å². The van der Waals surface area contributed by atoms with Crippen molar-refractivity contribution in [2.24, 2.45) is 0 Å². The zero-order chi connectivity index (χ0) is 26.3. The van der Waals surface area contributed by atoms with Gasteiger partial charge < -0.3 is 13.9 Å². The molecule has 0 N–H and O–H groups in total. The predicted octanol–water partition coefficient (Wildman–Crippen LogP) is 5.19. The second kappa shape index (κ2) is 9.62. The minimum atomic E-state index is -0.930. The molecule has 2 aromatic carbocycles. The molecule has 0 bridgehead atoms. The lowest BCUT2D eigenvalue weighted by Gasteiger charge is -2.22. The Morgan fingerprint density at radius 3 is 2.70 bits per heavy atom. The topological polar surface area (TPSA) is 98.9 Å². The molecule has 1 aliphatic heterocycles. The van der Waals surface area contributed by atoms with E-state index in [1.54, 1.807) is 44.2 Å². The van der Waals surface area contributed by atoms with Crippen molar-refractivity contribution < 1.29 is 27.9 Å². The Morgan fingerprint density at radius 1 is 1.24 bits per heavy atom. The highest BCUT2D eigenvalue weighted by Gasteiger charge is 2.45. The molecule has 10 heteroatoms. The number of carbonyl (C=O) groups excluding carboxylic acids is 2. The standard InChI is InChI=1S/C27H21FN2O6S/c1-4-12-35-17-9-6-15(7-10-17)21-20-22(31)18-13-16(28)8-11-19(18)36-23(20)25(32)30(21)27-29-14(3)24(37-27)26(33)34-5-2/h4,6-11,13,21H,1,5,12H2,2-3H3. The predicted molar refractivity (Wildman–Crippen MR) is 136 cm³/mol. The van der Waals surface area contributed by atoms with E-state index in [4.69, 9.17) is 13.9 Å². The largest absolute Gasteiger partial charge is 0.490 e. The third-order valence-corrected chi connectivity index (χ3v) is 6.98. The molecule has 1 aliphatic rings. The summed E-state index contributed by atoms with van der Waals surface area (Å²) in [4.78, 5) is 45.8. The van der Waals surface area contributed by atoms with E-state index >= 15 is 0 Å². The lowest BCUT2D eigenvalue weighted by molar-refractivity contribution is 0.0531. The molecule has 2 aromatic heterocycles. The third kappa shape index (κ3) is 4.19. The first-order valence-corrected chi connectivity index (χ1v) is 12.2. The number of nitrogens with zero attached hydrogens (tertiary/aromatic N) is 2. The number of rotatable bonds is 7. The smallest absolute Gasteiger partial charge is 0.350 e. The van der Waals surface area contributed by atoms with Crippen LogP contribution in [0.25, 0.3) is 11.0 Å². The second-order valence-electron chi connectivity index (χ2n) is 8.19. The highest BCUT2D eigenvalue weighted by Crippen LogP contribution is 2.43. The molecule has 0 saturated carbocycles. The fourth-order valence-corrected chi connectivity index (χ4v) is 5.22. The van der Waals surface area contributed by atoms with Crippen molar-refractivity contribution in [1.82, 2.24) is 4.98 Å². The highest BCUT2D eigenvalue weighted by molar-refractivity contribution is 7.17. The number of amides is 1. The molecule has 3 heterocycles. The maximum atomic E-state index is 14.0. The summed E-state index contributed by atoms with van der Waals surface area (Å²) >= 11 is 0.984. The van der Waals surface area contributed by atoms with Gasteiger partial charge in [-0.3, -0.25) is 14.5 Å². The van der Waals surface area contributed by atoms with Gasteiger partial charge in [-0.1, -0.05) is 36.1 Å². The molecular weight excluding hydrogens is 499 g/mol. The summed E-state index contributed by atoms with van der Waals surface area (Å²) in [7, 11) is 0. The van der Waals surface area contributed by atoms with Crippen LogP contribution in [0, 0.1) is 12.7 Å². The van der Waals surface area contributed by atoms with Crippen LogP contribution in [-0.4, -0.2) is 30.1 Å². The molecule has 5 rings (SSSR count). The van der Waals surface area contributed by atoms with E-state index in [2.05, 4.69) is 11.6 Å². The van der Waals surface area contributed by atoms with Crippen molar-refractivity contribution in [1.29, 1.82) is 0 Å². The van der Waals surface area contributed by atoms with Crippen LogP contribution in [0.2, 0.25) is 0 Å². The Bertz CT molecular complexity index is 1610. The Kier molecular flexibility index (Phi) is 6.34. The van der Waals surface area contributed by atoms with Gasteiger partial charge in [-0.2, -0.15) is 0 Å². The Hall–Kier alpha value is -4.31. The molecule has 37 heavy (non-hydrogen) atoms. The molecule has 1 atom stereocenters. The molecule has 0 fully saturated rings. The van der Waals surface area contributed by atoms with E-state index in [0.29, 0.717) is 23.6 Å². The van der Waals surface area contributed by atoms with Gasteiger partial charge in [0.05, 0.1) is 29.3 Å². The monoisotopic (exact) mass is 520 g/mol. The molecule has 0 saturated heterocycles. The van der Waals surface area contributed by atoms with Crippen LogP contribution in [0.3, 0.4) is 0 Å². The Labute approximate surface area is 214 Å². The van der Waals surface area contributed by atoms with Crippen molar-refractivity contribution in [3.8, 4) is 5.75 Å². The van der Waals surface area contributed by atoms with Crippen LogP contribution >= 0.6 is 11.3 Å². The highest BCUT2D eigenvalue weighted by atomic mass is 32.1. The van der Waals surface area contributed by atoms with E-state index in [0.717, 1.165) is 23.5 Å².